The quantitative estimate of drug-likeness (QED) is 0.780. The number of hydrogen-bond acceptors (Lipinski definition) is 4. The highest BCUT2D eigenvalue weighted by atomic mass is 32.2. The molecule has 0 radical (unpaired) electrons. The Kier molecular flexibility index (Phi) is 3.55. The molecule has 8 heteroatoms. The SMILES string of the molecule is N#CC12CC3CC(C1)CC(COCC(F)(F)S(=O)(=O)O)(C3)C2. The number of nitrogens with zero attached hydrogens (tertiary/aromatic N) is 1. The standard InChI is InChI=1S/C14H19F2NO4S/c15-14(16,22(18,19)20)9-21-8-13-4-10-1-11(5-13)3-12(2-10,6-13)7-17/h10-11H,1-6,8-9H2,(H,18,19,20). The molecular formula is C14H19F2NO4S. The van der Waals surface area contributed by atoms with Crippen LogP contribution in [0.1, 0.15) is 38.5 Å². The van der Waals surface area contributed by atoms with Crippen LogP contribution < -0.4 is 0 Å². The summed E-state index contributed by atoms with van der Waals surface area (Å²) in [6.45, 7) is -1.32. The van der Waals surface area contributed by atoms with E-state index in [1.807, 2.05) is 0 Å². The van der Waals surface area contributed by atoms with Crippen molar-refractivity contribution >= 4 is 10.1 Å². The fourth-order valence-electron chi connectivity index (χ4n) is 5.21. The molecule has 0 saturated heterocycles. The van der Waals surface area contributed by atoms with Crippen molar-refractivity contribution in [2.75, 3.05) is 13.2 Å². The molecule has 4 saturated carbocycles. The van der Waals surface area contributed by atoms with Gasteiger partial charge in [0.05, 0.1) is 18.1 Å². The second-order valence-electron chi connectivity index (χ2n) is 7.46. The zero-order valence-electron chi connectivity index (χ0n) is 12.1. The van der Waals surface area contributed by atoms with E-state index < -0.39 is 22.0 Å². The third kappa shape index (κ3) is 2.63. The molecule has 4 bridgehead atoms. The van der Waals surface area contributed by atoms with Crippen molar-refractivity contribution in [3.05, 3.63) is 0 Å². The molecule has 1 N–H and O–H groups in total. The van der Waals surface area contributed by atoms with E-state index in [2.05, 4.69) is 6.07 Å². The van der Waals surface area contributed by atoms with Gasteiger partial charge >= 0.3 is 15.4 Å². The summed E-state index contributed by atoms with van der Waals surface area (Å²) >= 11 is 0. The minimum Gasteiger partial charge on any atom is -0.373 e. The number of nitriles is 1. The molecule has 4 aliphatic rings. The van der Waals surface area contributed by atoms with Crippen molar-refractivity contribution in [3.63, 3.8) is 0 Å². The average Bonchev–Trinajstić information content (AvgIpc) is 2.35. The Balaban J connectivity index is 1.67. The van der Waals surface area contributed by atoms with Crippen LogP contribution in [0.5, 0.6) is 0 Å². The zero-order valence-corrected chi connectivity index (χ0v) is 12.9. The summed E-state index contributed by atoms with van der Waals surface area (Å²) in [4.78, 5) is 0. The molecule has 2 atom stereocenters. The monoisotopic (exact) mass is 335 g/mol. The van der Waals surface area contributed by atoms with E-state index in [4.69, 9.17) is 9.29 Å². The Morgan fingerprint density at radius 2 is 1.86 bits per heavy atom. The first-order valence-corrected chi connectivity index (χ1v) is 8.87. The first-order valence-electron chi connectivity index (χ1n) is 7.43. The highest BCUT2D eigenvalue weighted by Crippen LogP contribution is 2.65. The molecule has 0 heterocycles. The van der Waals surface area contributed by atoms with Crippen LogP contribution in [0.2, 0.25) is 0 Å². The first kappa shape index (κ1) is 16.1. The number of halogens is 2. The summed E-state index contributed by atoms with van der Waals surface area (Å²) < 4.78 is 61.1. The first-order chi connectivity index (χ1) is 10.1. The second-order valence-corrected chi connectivity index (χ2v) is 9.01. The van der Waals surface area contributed by atoms with E-state index in [0.29, 0.717) is 18.3 Å². The number of alkyl halides is 2. The van der Waals surface area contributed by atoms with Crippen molar-refractivity contribution < 1.29 is 26.5 Å². The van der Waals surface area contributed by atoms with E-state index >= 15 is 0 Å². The lowest BCUT2D eigenvalue weighted by Gasteiger charge is -2.59. The Morgan fingerprint density at radius 1 is 1.27 bits per heavy atom. The minimum absolute atomic E-state index is 0.0224. The van der Waals surface area contributed by atoms with Gasteiger partial charge in [-0.05, 0) is 55.8 Å². The summed E-state index contributed by atoms with van der Waals surface area (Å²) in [5.74, 6) is 0.873. The van der Waals surface area contributed by atoms with Gasteiger partial charge < -0.3 is 4.74 Å². The van der Waals surface area contributed by atoms with Crippen molar-refractivity contribution in [2.45, 2.75) is 43.8 Å². The Bertz CT molecular complexity index is 599. The van der Waals surface area contributed by atoms with Crippen molar-refractivity contribution in [3.8, 4) is 6.07 Å². The summed E-state index contributed by atoms with van der Waals surface area (Å²) in [6, 6.07) is 2.43. The molecule has 0 aliphatic heterocycles. The van der Waals surface area contributed by atoms with Crippen LogP contribution in [0, 0.1) is 34.0 Å². The Hall–Kier alpha value is -0.780. The summed E-state index contributed by atoms with van der Waals surface area (Å²) in [5, 5.41) is 5.19. The van der Waals surface area contributed by atoms with Gasteiger partial charge in [0.2, 0.25) is 0 Å². The maximum absolute atomic E-state index is 13.2. The topological polar surface area (TPSA) is 87.4 Å². The zero-order chi connectivity index (χ0) is 16.2. The molecule has 0 aromatic carbocycles. The van der Waals surface area contributed by atoms with Gasteiger partial charge in [0.1, 0.15) is 6.61 Å². The normalized spacial score (nSPS) is 40.6. The fraction of sp³-hybridized carbons (Fsp3) is 0.929. The molecule has 0 amide bonds. The molecule has 0 aromatic rings. The third-order valence-electron chi connectivity index (χ3n) is 5.48. The van der Waals surface area contributed by atoms with Gasteiger partial charge in [-0.1, -0.05) is 0 Å². The fourth-order valence-corrected chi connectivity index (χ4v) is 5.44. The predicted octanol–water partition coefficient (Wildman–Crippen LogP) is 2.59. The number of hydrogen-bond donors (Lipinski definition) is 1. The number of ether oxygens (including phenoxy) is 1. The van der Waals surface area contributed by atoms with Gasteiger partial charge in [-0.25, -0.2) is 0 Å². The van der Waals surface area contributed by atoms with Gasteiger partial charge in [-0.15, -0.1) is 0 Å². The van der Waals surface area contributed by atoms with Gasteiger partial charge in [-0.3, -0.25) is 4.55 Å². The highest BCUT2D eigenvalue weighted by Gasteiger charge is 2.58. The van der Waals surface area contributed by atoms with Crippen molar-refractivity contribution in [1.29, 1.82) is 5.26 Å². The highest BCUT2D eigenvalue weighted by molar-refractivity contribution is 7.86. The van der Waals surface area contributed by atoms with Crippen molar-refractivity contribution in [1.82, 2.24) is 0 Å². The van der Waals surface area contributed by atoms with Crippen LogP contribution in [-0.4, -0.2) is 31.4 Å². The Labute approximate surface area is 128 Å². The van der Waals surface area contributed by atoms with Crippen molar-refractivity contribution in [2.24, 2.45) is 22.7 Å². The third-order valence-corrected chi connectivity index (χ3v) is 6.35. The smallest absolute Gasteiger partial charge is 0.373 e. The Morgan fingerprint density at radius 3 is 2.36 bits per heavy atom. The molecule has 0 spiro atoms. The largest absolute Gasteiger partial charge is 0.392 e. The van der Waals surface area contributed by atoms with E-state index in [1.165, 1.54) is 0 Å². The predicted molar refractivity (Wildman–Crippen MR) is 72.5 cm³/mol. The average molecular weight is 335 g/mol. The van der Waals surface area contributed by atoms with Crippen LogP contribution in [0.15, 0.2) is 0 Å². The number of rotatable bonds is 5. The molecule has 4 rings (SSSR count). The second kappa shape index (κ2) is 4.86. The summed E-state index contributed by atoms with van der Waals surface area (Å²) in [6.07, 6.45) is 5.19. The van der Waals surface area contributed by atoms with E-state index in [0.717, 1.165) is 32.1 Å². The molecule has 0 aromatic heterocycles. The molecular weight excluding hydrogens is 316 g/mol. The molecule has 4 aliphatic carbocycles. The molecule has 2 unspecified atom stereocenters. The van der Waals surface area contributed by atoms with Crippen LogP contribution in [-0.2, 0) is 14.9 Å². The van der Waals surface area contributed by atoms with Crippen LogP contribution in [0.3, 0.4) is 0 Å². The molecule has 5 nitrogen and oxygen atoms in total. The van der Waals surface area contributed by atoms with Gasteiger partial charge in [0, 0.05) is 0 Å². The van der Waals surface area contributed by atoms with Gasteiger partial charge in [0.15, 0.2) is 0 Å². The maximum Gasteiger partial charge on any atom is 0.392 e. The lowest BCUT2D eigenvalue weighted by molar-refractivity contribution is -0.133. The van der Waals surface area contributed by atoms with Gasteiger partial charge in [0.25, 0.3) is 0 Å². The van der Waals surface area contributed by atoms with E-state index in [9.17, 15) is 22.5 Å². The molecule has 22 heavy (non-hydrogen) atoms. The molecule has 4 fully saturated rings. The molecule has 124 valence electrons. The summed E-state index contributed by atoms with van der Waals surface area (Å²) in [7, 11) is -5.46. The van der Waals surface area contributed by atoms with Crippen LogP contribution in [0.4, 0.5) is 8.78 Å². The van der Waals surface area contributed by atoms with Crippen LogP contribution >= 0.6 is 0 Å². The van der Waals surface area contributed by atoms with E-state index in [-0.39, 0.29) is 17.4 Å². The summed E-state index contributed by atoms with van der Waals surface area (Å²) in [5.41, 5.74) is -0.659. The minimum atomic E-state index is -5.46. The van der Waals surface area contributed by atoms with Gasteiger partial charge in [-0.2, -0.15) is 22.5 Å². The van der Waals surface area contributed by atoms with E-state index in [1.54, 1.807) is 0 Å². The lowest BCUT2D eigenvalue weighted by Crippen LogP contribution is -2.53. The van der Waals surface area contributed by atoms with Crippen LogP contribution in [0.25, 0.3) is 0 Å². The lowest BCUT2D eigenvalue weighted by atomic mass is 9.45. The maximum atomic E-state index is 13.2.